The van der Waals surface area contributed by atoms with Crippen molar-refractivity contribution in [1.82, 2.24) is 5.32 Å². The topological polar surface area (TPSA) is 111 Å². The smallest absolute Gasteiger partial charge is 0.456 e. The minimum Gasteiger partial charge on any atom is -0.456 e. The second-order valence-corrected chi connectivity index (χ2v) is 23.3. The van der Waals surface area contributed by atoms with E-state index in [1.807, 2.05) is 33.3 Å². The first-order chi connectivity index (χ1) is 36.9. The summed E-state index contributed by atoms with van der Waals surface area (Å²) in [6.45, 7) is 6.85. The minimum absolute atomic E-state index is 0.0303. The van der Waals surface area contributed by atoms with Crippen molar-refractivity contribution >= 4 is 19.7 Å². The van der Waals surface area contributed by atoms with Gasteiger partial charge in [-0.1, -0.05) is 234 Å². The Morgan fingerprint density at radius 2 is 0.842 bits per heavy atom. The summed E-state index contributed by atoms with van der Waals surface area (Å²) >= 11 is 0. The van der Waals surface area contributed by atoms with E-state index in [1.54, 1.807) is 0 Å². The van der Waals surface area contributed by atoms with E-state index >= 15 is 0 Å². The molecule has 0 spiro atoms. The van der Waals surface area contributed by atoms with Gasteiger partial charge in [0.2, 0.25) is 5.91 Å². The number of phosphoric ester groups is 1. The number of nitrogens with zero attached hydrogens (tertiary/aromatic N) is 1. The molecule has 438 valence electrons. The van der Waals surface area contributed by atoms with E-state index in [9.17, 15) is 19.0 Å². The Balaban J connectivity index is 5.31. The molecule has 0 aromatic carbocycles. The molecule has 0 saturated carbocycles. The van der Waals surface area contributed by atoms with Gasteiger partial charge in [-0.25, -0.2) is 4.57 Å². The number of quaternary nitrogens is 1. The normalized spacial score (nSPS) is 14.4. The van der Waals surface area contributed by atoms with Gasteiger partial charge < -0.3 is 19.4 Å². The molecule has 0 aliphatic heterocycles. The van der Waals surface area contributed by atoms with Crippen LogP contribution in [0.15, 0.2) is 97.2 Å². The van der Waals surface area contributed by atoms with Crippen LogP contribution < -0.4 is 5.32 Å². The highest BCUT2D eigenvalue weighted by Gasteiger charge is 2.30. The predicted octanol–water partition coefficient (Wildman–Crippen LogP) is 19.2. The Kier molecular flexibility index (Phi) is 53.0. The number of ether oxygens (including phenoxy) is 1. The molecule has 0 aromatic heterocycles. The van der Waals surface area contributed by atoms with Gasteiger partial charge in [0.1, 0.15) is 19.3 Å². The lowest BCUT2D eigenvalue weighted by Gasteiger charge is -2.27. The summed E-state index contributed by atoms with van der Waals surface area (Å²) in [4.78, 5) is 37.7. The summed E-state index contributed by atoms with van der Waals surface area (Å²) < 4.78 is 30.7. The highest BCUT2D eigenvalue weighted by molar-refractivity contribution is 7.47. The van der Waals surface area contributed by atoms with Crippen LogP contribution in [0.2, 0.25) is 0 Å². The van der Waals surface area contributed by atoms with E-state index in [0.717, 1.165) is 128 Å². The molecule has 3 atom stereocenters. The van der Waals surface area contributed by atoms with Gasteiger partial charge in [-0.05, 0) is 109 Å². The summed E-state index contributed by atoms with van der Waals surface area (Å²) in [6.07, 6.45) is 74.0. The fraction of sp³-hybridized carbons (Fsp3) is 0.727. The van der Waals surface area contributed by atoms with Gasteiger partial charge in [-0.2, -0.15) is 0 Å². The Bertz CT molecular complexity index is 1620. The highest BCUT2D eigenvalue weighted by Crippen LogP contribution is 2.43. The maximum Gasteiger partial charge on any atom is 0.472 e. The van der Waals surface area contributed by atoms with Crippen LogP contribution in [0.5, 0.6) is 0 Å². The van der Waals surface area contributed by atoms with Gasteiger partial charge >= 0.3 is 13.8 Å². The van der Waals surface area contributed by atoms with Gasteiger partial charge in [-0.3, -0.25) is 18.6 Å². The second-order valence-electron chi connectivity index (χ2n) is 21.8. The average Bonchev–Trinajstić information content (AvgIpc) is 3.38. The monoisotopic (exact) mass is 1080 g/mol. The van der Waals surface area contributed by atoms with Crippen LogP contribution in [0.4, 0.5) is 0 Å². The third-order valence-electron chi connectivity index (χ3n) is 13.3. The molecule has 0 saturated heterocycles. The number of esters is 1. The Labute approximate surface area is 468 Å². The highest BCUT2D eigenvalue weighted by atomic mass is 31.2. The fourth-order valence-electron chi connectivity index (χ4n) is 8.47. The van der Waals surface area contributed by atoms with E-state index in [0.29, 0.717) is 17.4 Å². The molecule has 0 radical (unpaired) electrons. The van der Waals surface area contributed by atoms with E-state index < -0.39 is 20.0 Å². The number of phosphoric acid groups is 1. The average molecular weight is 1080 g/mol. The Hall–Kier alpha value is -3.07. The van der Waals surface area contributed by atoms with E-state index in [-0.39, 0.29) is 31.5 Å². The van der Waals surface area contributed by atoms with Crippen molar-refractivity contribution in [3.63, 3.8) is 0 Å². The van der Waals surface area contributed by atoms with E-state index in [1.165, 1.54) is 96.3 Å². The minimum atomic E-state index is -4.46. The van der Waals surface area contributed by atoms with Crippen molar-refractivity contribution in [2.24, 2.45) is 0 Å². The van der Waals surface area contributed by atoms with Crippen LogP contribution in [0.3, 0.4) is 0 Å². The number of hydrogen-bond acceptors (Lipinski definition) is 6. The number of allylic oxidation sites excluding steroid dienone is 15. The van der Waals surface area contributed by atoms with Gasteiger partial charge in [0.25, 0.3) is 0 Å². The van der Waals surface area contributed by atoms with E-state index in [2.05, 4.69) is 111 Å². The zero-order chi connectivity index (χ0) is 55.7. The van der Waals surface area contributed by atoms with Crippen molar-refractivity contribution in [3.8, 4) is 0 Å². The number of carbonyl (C=O) groups is 2. The molecule has 0 heterocycles. The number of hydrogen-bond donors (Lipinski definition) is 2. The lowest BCUT2D eigenvalue weighted by molar-refractivity contribution is -0.870. The molecule has 3 unspecified atom stereocenters. The molecule has 0 aromatic rings. The van der Waals surface area contributed by atoms with Crippen LogP contribution in [0.1, 0.15) is 258 Å². The Morgan fingerprint density at radius 3 is 1.29 bits per heavy atom. The summed E-state index contributed by atoms with van der Waals surface area (Å²) in [5, 5.41) is 3.04. The number of unbranched alkanes of at least 4 members (excludes halogenated alkanes) is 25. The summed E-state index contributed by atoms with van der Waals surface area (Å²) in [5.41, 5.74) is 0. The van der Waals surface area contributed by atoms with Crippen LogP contribution in [0, 0.1) is 0 Å². The molecular formula is C66H118N2O7P+. The Morgan fingerprint density at radius 1 is 0.474 bits per heavy atom. The first-order valence-electron chi connectivity index (χ1n) is 31.1. The first-order valence-corrected chi connectivity index (χ1v) is 32.6. The van der Waals surface area contributed by atoms with Gasteiger partial charge in [0.15, 0.2) is 0 Å². The number of carbonyl (C=O) groups excluding carboxylic acids is 2. The molecule has 0 aliphatic rings. The molecule has 9 nitrogen and oxygen atoms in total. The van der Waals surface area contributed by atoms with Gasteiger partial charge in [0, 0.05) is 12.8 Å². The zero-order valence-corrected chi connectivity index (χ0v) is 50.9. The lowest BCUT2D eigenvalue weighted by atomic mass is 10.0. The van der Waals surface area contributed by atoms with Crippen molar-refractivity contribution < 1.29 is 37.3 Å². The lowest BCUT2D eigenvalue weighted by Crippen LogP contribution is -2.47. The molecular weight excluding hydrogens is 964 g/mol. The third-order valence-corrected chi connectivity index (χ3v) is 14.2. The van der Waals surface area contributed by atoms with Crippen LogP contribution >= 0.6 is 7.82 Å². The summed E-state index contributed by atoms with van der Waals surface area (Å²) in [7, 11) is 1.47. The van der Waals surface area contributed by atoms with Crippen molar-refractivity contribution in [2.75, 3.05) is 40.9 Å². The first kappa shape index (κ1) is 72.9. The molecule has 1 amide bonds. The standard InChI is InChI=1S/C66H117N2O7P/c1-7-10-13-16-19-22-25-28-30-32-33-34-35-37-38-40-43-46-49-52-55-58-65(69)67-63(62-74-76(71,72)73-61-60-68(4,5)6)64(57-54-51-48-45-42-27-24-21-18-15-12-9-3)75-66(70)59-56-53-50-47-44-41-39-36-31-29-26-23-20-17-14-11-8-2/h10,13,19-20,22-23,28-31,33-34,37-38,54,57,63-64H,7-9,11-12,14-18,21,24-27,32,35-36,39-53,55-56,58-62H2,1-6H3,(H-,67,69,71,72)/p+1/b13-10-,22-19-,23-20-,30-28-,31-29-,34-33-,38-37-,57-54-. The van der Waals surface area contributed by atoms with Crippen LogP contribution in [-0.4, -0.2) is 74.3 Å². The molecule has 0 bridgehead atoms. The quantitative estimate of drug-likeness (QED) is 0.0205. The zero-order valence-electron chi connectivity index (χ0n) is 50.0. The second kappa shape index (κ2) is 55.3. The predicted molar refractivity (Wildman–Crippen MR) is 327 cm³/mol. The van der Waals surface area contributed by atoms with Gasteiger partial charge in [-0.15, -0.1) is 0 Å². The van der Waals surface area contributed by atoms with Crippen LogP contribution in [0.25, 0.3) is 0 Å². The third kappa shape index (κ3) is 55.7. The number of nitrogens with one attached hydrogen (secondary N) is 1. The number of rotatable bonds is 55. The van der Waals surface area contributed by atoms with Crippen LogP contribution in [-0.2, 0) is 27.9 Å². The largest absolute Gasteiger partial charge is 0.472 e. The maximum atomic E-state index is 13.5. The summed E-state index contributed by atoms with van der Waals surface area (Å²) in [5.74, 6) is -0.539. The number of amides is 1. The SMILES string of the molecule is CC/C=C\C/C=C\C/C=C\C/C=C\C/C=C\CCCCCCCC(=O)NC(COP(=O)(O)OCC[N+](C)(C)C)C(/C=C\CCCCCCCCCCCC)OC(=O)CCCCCCCCC/C=C\C/C=C\CCCCC. The van der Waals surface area contributed by atoms with E-state index in [4.69, 9.17) is 13.8 Å². The van der Waals surface area contributed by atoms with Crippen molar-refractivity contribution in [2.45, 2.75) is 270 Å². The van der Waals surface area contributed by atoms with Crippen molar-refractivity contribution in [3.05, 3.63) is 97.2 Å². The summed E-state index contributed by atoms with van der Waals surface area (Å²) in [6, 6.07) is -0.867. The van der Waals surface area contributed by atoms with Gasteiger partial charge in [0.05, 0.1) is 33.8 Å². The molecule has 2 N–H and O–H groups in total. The molecule has 0 rings (SSSR count). The molecule has 10 heteroatoms. The maximum absolute atomic E-state index is 13.5. The number of likely N-dealkylation sites (N-methyl/N-ethyl adjacent to an activating group) is 1. The fourth-order valence-corrected chi connectivity index (χ4v) is 9.20. The van der Waals surface area contributed by atoms with Crippen molar-refractivity contribution in [1.29, 1.82) is 0 Å². The molecule has 0 aliphatic carbocycles. The molecule has 0 fully saturated rings. The molecule has 76 heavy (non-hydrogen) atoms.